The SMILES string of the molecule is CC[C@H](N)C(=O)NCC1(O)CCOC1. The number of carbonyl (C=O) groups excluding carboxylic acids is 1. The summed E-state index contributed by atoms with van der Waals surface area (Å²) in [5, 5.41) is 12.4. The van der Waals surface area contributed by atoms with Crippen LogP contribution in [0.25, 0.3) is 0 Å². The first-order valence-corrected chi connectivity index (χ1v) is 4.91. The molecule has 4 N–H and O–H groups in total. The highest BCUT2D eigenvalue weighted by Gasteiger charge is 2.32. The van der Waals surface area contributed by atoms with Gasteiger partial charge in [-0.15, -0.1) is 0 Å². The molecule has 0 aromatic rings. The van der Waals surface area contributed by atoms with Crippen molar-refractivity contribution in [2.45, 2.75) is 31.4 Å². The Bertz CT molecular complexity index is 202. The van der Waals surface area contributed by atoms with Crippen LogP contribution in [-0.2, 0) is 9.53 Å². The van der Waals surface area contributed by atoms with Crippen molar-refractivity contribution in [3.8, 4) is 0 Å². The van der Waals surface area contributed by atoms with E-state index in [2.05, 4.69) is 5.32 Å². The molecule has 0 aliphatic carbocycles. The van der Waals surface area contributed by atoms with Gasteiger partial charge in [0.15, 0.2) is 0 Å². The lowest BCUT2D eigenvalue weighted by Gasteiger charge is -2.21. The van der Waals surface area contributed by atoms with Gasteiger partial charge in [-0.1, -0.05) is 6.92 Å². The average molecular weight is 202 g/mol. The van der Waals surface area contributed by atoms with Gasteiger partial charge in [0.1, 0.15) is 5.60 Å². The summed E-state index contributed by atoms with van der Waals surface area (Å²) in [6, 6.07) is -0.485. The van der Waals surface area contributed by atoms with Gasteiger partial charge in [-0.05, 0) is 6.42 Å². The third-order valence-electron chi connectivity index (χ3n) is 2.45. The third-order valence-corrected chi connectivity index (χ3v) is 2.45. The largest absolute Gasteiger partial charge is 0.386 e. The van der Waals surface area contributed by atoms with Gasteiger partial charge >= 0.3 is 0 Å². The predicted molar refractivity (Wildman–Crippen MR) is 51.7 cm³/mol. The Labute approximate surface area is 83.6 Å². The van der Waals surface area contributed by atoms with E-state index < -0.39 is 11.6 Å². The van der Waals surface area contributed by atoms with Gasteiger partial charge < -0.3 is 20.9 Å². The zero-order valence-electron chi connectivity index (χ0n) is 8.45. The first kappa shape index (κ1) is 11.4. The molecule has 1 amide bonds. The molecule has 0 saturated carbocycles. The lowest BCUT2D eigenvalue weighted by Crippen LogP contribution is -2.48. The van der Waals surface area contributed by atoms with Gasteiger partial charge in [0.25, 0.3) is 0 Å². The van der Waals surface area contributed by atoms with E-state index in [1.165, 1.54) is 0 Å². The fourth-order valence-corrected chi connectivity index (χ4v) is 1.30. The molecule has 14 heavy (non-hydrogen) atoms. The van der Waals surface area contributed by atoms with Gasteiger partial charge in [0, 0.05) is 19.6 Å². The molecule has 1 heterocycles. The summed E-state index contributed by atoms with van der Waals surface area (Å²) < 4.78 is 5.05. The monoisotopic (exact) mass is 202 g/mol. The number of ether oxygens (including phenoxy) is 1. The Morgan fingerprint density at radius 1 is 1.79 bits per heavy atom. The van der Waals surface area contributed by atoms with E-state index in [1.807, 2.05) is 6.92 Å². The average Bonchev–Trinajstić information content (AvgIpc) is 2.61. The Hall–Kier alpha value is -0.650. The van der Waals surface area contributed by atoms with Crippen molar-refractivity contribution in [2.75, 3.05) is 19.8 Å². The standard InChI is InChI=1S/C9H18N2O3/c1-2-7(10)8(12)11-5-9(13)3-4-14-6-9/h7,13H,2-6,10H2,1H3,(H,11,12)/t7-,9?/m0/s1. The molecule has 1 fully saturated rings. The molecule has 1 aliphatic heterocycles. The lowest BCUT2D eigenvalue weighted by molar-refractivity contribution is -0.123. The van der Waals surface area contributed by atoms with Crippen LogP contribution in [0, 0.1) is 0 Å². The maximum absolute atomic E-state index is 11.3. The number of amides is 1. The van der Waals surface area contributed by atoms with Crippen molar-refractivity contribution in [3.63, 3.8) is 0 Å². The van der Waals surface area contributed by atoms with E-state index >= 15 is 0 Å². The van der Waals surface area contributed by atoms with Crippen LogP contribution in [0.2, 0.25) is 0 Å². The van der Waals surface area contributed by atoms with Crippen LogP contribution in [0.3, 0.4) is 0 Å². The second kappa shape index (κ2) is 4.72. The van der Waals surface area contributed by atoms with E-state index in [9.17, 15) is 9.90 Å². The minimum absolute atomic E-state index is 0.215. The normalized spacial score (nSPS) is 28.8. The first-order valence-electron chi connectivity index (χ1n) is 4.91. The molecule has 0 aromatic carbocycles. The molecule has 5 nitrogen and oxygen atoms in total. The Morgan fingerprint density at radius 2 is 2.50 bits per heavy atom. The second-order valence-corrected chi connectivity index (χ2v) is 3.76. The number of nitrogens with one attached hydrogen (secondary N) is 1. The highest BCUT2D eigenvalue weighted by molar-refractivity contribution is 5.81. The van der Waals surface area contributed by atoms with Crippen LogP contribution in [0.4, 0.5) is 0 Å². The van der Waals surface area contributed by atoms with E-state index in [1.54, 1.807) is 0 Å². The van der Waals surface area contributed by atoms with Gasteiger partial charge in [-0.25, -0.2) is 0 Å². The molecule has 5 heteroatoms. The van der Waals surface area contributed by atoms with Gasteiger partial charge in [0.2, 0.25) is 5.91 Å². The molecule has 0 aromatic heterocycles. The van der Waals surface area contributed by atoms with Gasteiger partial charge in [0.05, 0.1) is 12.6 Å². The quantitative estimate of drug-likeness (QED) is 0.545. The fraction of sp³-hybridized carbons (Fsp3) is 0.889. The minimum atomic E-state index is -0.900. The number of hydrogen-bond acceptors (Lipinski definition) is 4. The van der Waals surface area contributed by atoms with E-state index in [-0.39, 0.29) is 19.1 Å². The summed E-state index contributed by atoms with van der Waals surface area (Å²) in [7, 11) is 0. The van der Waals surface area contributed by atoms with Crippen LogP contribution in [0.15, 0.2) is 0 Å². The number of aliphatic hydroxyl groups is 1. The molecule has 0 radical (unpaired) electrons. The molecular formula is C9H18N2O3. The van der Waals surface area contributed by atoms with Crippen molar-refractivity contribution < 1.29 is 14.6 Å². The fourth-order valence-electron chi connectivity index (χ4n) is 1.30. The molecule has 82 valence electrons. The number of nitrogens with two attached hydrogens (primary N) is 1. The lowest BCUT2D eigenvalue weighted by atomic mass is 10.0. The molecule has 0 bridgehead atoms. The third kappa shape index (κ3) is 2.94. The molecule has 1 unspecified atom stereocenters. The highest BCUT2D eigenvalue weighted by Crippen LogP contribution is 2.16. The van der Waals surface area contributed by atoms with Crippen molar-refractivity contribution >= 4 is 5.91 Å². The minimum Gasteiger partial charge on any atom is -0.386 e. The Kier molecular flexibility index (Phi) is 3.86. The zero-order chi connectivity index (χ0) is 10.6. The summed E-state index contributed by atoms with van der Waals surface area (Å²) in [6.07, 6.45) is 1.16. The zero-order valence-corrected chi connectivity index (χ0v) is 8.45. The van der Waals surface area contributed by atoms with Crippen molar-refractivity contribution in [2.24, 2.45) is 5.73 Å². The summed E-state index contributed by atoms with van der Waals surface area (Å²) >= 11 is 0. The number of rotatable bonds is 4. The summed E-state index contributed by atoms with van der Waals surface area (Å²) in [6.45, 7) is 2.90. The topological polar surface area (TPSA) is 84.6 Å². The summed E-state index contributed by atoms with van der Waals surface area (Å²) in [5.74, 6) is -0.215. The van der Waals surface area contributed by atoms with Crippen LogP contribution >= 0.6 is 0 Å². The van der Waals surface area contributed by atoms with Gasteiger partial charge in [-0.2, -0.15) is 0 Å². The first-order chi connectivity index (χ1) is 6.57. The van der Waals surface area contributed by atoms with Crippen LogP contribution in [0.5, 0.6) is 0 Å². The maximum atomic E-state index is 11.3. The van der Waals surface area contributed by atoms with Crippen molar-refractivity contribution in [3.05, 3.63) is 0 Å². The van der Waals surface area contributed by atoms with Crippen LogP contribution < -0.4 is 11.1 Å². The molecule has 1 aliphatic rings. The van der Waals surface area contributed by atoms with Crippen molar-refractivity contribution in [1.29, 1.82) is 0 Å². The Morgan fingerprint density at radius 3 is 3.00 bits per heavy atom. The maximum Gasteiger partial charge on any atom is 0.237 e. The highest BCUT2D eigenvalue weighted by atomic mass is 16.5. The molecule has 0 spiro atoms. The molecule has 1 rings (SSSR count). The smallest absolute Gasteiger partial charge is 0.237 e. The van der Waals surface area contributed by atoms with E-state index in [4.69, 9.17) is 10.5 Å². The Balaban J connectivity index is 2.29. The molecule has 1 saturated heterocycles. The predicted octanol–water partition coefficient (Wildman–Crippen LogP) is -1.01. The second-order valence-electron chi connectivity index (χ2n) is 3.76. The molecular weight excluding hydrogens is 184 g/mol. The van der Waals surface area contributed by atoms with Gasteiger partial charge in [-0.3, -0.25) is 4.79 Å². The van der Waals surface area contributed by atoms with Crippen LogP contribution in [0.1, 0.15) is 19.8 Å². The summed E-state index contributed by atoms with van der Waals surface area (Å²) in [4.78, 5) is 11.3. The number of carbonyl (C=O) groups is 1. The van der Waals surface area contributed by atoms with Crippen LogP contribution in [-0.4, -0.2) is 42.4 Å². The van der Waals surface area contributed by atoms with Crippen molar-refractivity contribution in [1.82, 2.24) is 5.32 Å². The number of hydrogen-bond donors (Lipinski definition) is 3. The van der Waals surface area contributed by atoms with E-state index in [0.717, 1.165) is 0 Å². The molecule has 2 atom stereocenters. The van der Waals surface area contributed by atoms with E-state index in [0.29, 0.717) is 19.4 Å². The summed E-state index contributed by atoms with van der Waals surface area (Å²) in [5.41, 5.74) is 4.62.